The Morgan fingerprint density at radius 1 is 0.531 bits per heavy atom. The van der Waals surface area contributed by atoms with Crippen molar-refractivity contribution in [1.29, 1.82) is 0 Å². The third kappa shape index (κ3) is 5.81. The van der Waals surface area contributed by atoms with Crippen molar-refractivity contribution in [2.45, 2.75) is 203 Å². The summed E-state index contributed by atoms with van der Waals surface area (Å²) in [7, 11) is -2.31. The van der Waals surface area contributed by atoms with Crippen molar-refractivity contribution in [2.75, 3.05) is 0 Å². The van der Waals surface area contributed by atoms with Crippen LogP contribution in [0.15, 0.2) is 48.5 Å². The van der Waals surface area contributed by atoms with Gasteiger partial charge in [-0.2, -0.15) is 0 Å². The molecule has 49 heavy (non-hydrogen) atoms. The van der Waals surface area contributed by atoms with Gasteiger partial charge in [-0.25, -0.2) is 0 Å². The van der Waals surface area contributed by atoms with E-state index >= 15 is 0 Å². The van der Waals surface area contributed by atoms with Crippen molar-refractivity contribution in [2.24, 2.45) is 17.3 Å². The molecule has 2 bridgehead atoms. The van der Waals surface area contributed by atoms with Gasteiger partial charge in [0, 0.05) is 0 Å². The molecule has 8 rings (SSSR count). The summed E-state index contributed by atoms with van der Waals surface area (Å²) in [5.41, 5.74) is 7.73. The van der Waals surface area contributed by atoms with E-state index in [1.165, 1.54) is 19.3 Å². The van der Waals surface area contributed by atoms with Crippen LogP contribution in [0.5, 0.6) is 0 Å². The van der Waals surface area contributed by atoms with Gasteiger partial charge >= 0.3 is 305 Å². The second-order valence-electron chi connectivity index (χ2n) is 18.8. The fourth-order valence-electron chi connectivity index (χ4n) is 15.7. The van der Waals surface area contributed by atoms with E-state index in [2.05, 4.69) is 69.3 Å². The zero-order valence-corrected chi connectivity index (χ0v) is 33.9. The molecule has 5 aliphatic carbocycles. The molecule has 270 valence electrons. The minimum absolute atomic E-state index is 0.455. The fraction of sp³-hybridized carbons (Fsp3) is 0.745. The van der Waals surface area contributed by atoms with Crippen LogP contribution in [-0.4, -0.2) is 27.8 Å². The summed E-state index contributed by atoms with van der Waals surface area (Å²) < 4.78 is 0. The van der Waals surface area contributed by atoms with Gasteiger partial charge in [-0.05, 0) is 0 Å². The quantitative estimate of drug-likeness (QED) is 0.264. The summed E-state index contributed by atoms with van der Waals surface area (Å²) in [6, 6.07) is 19.5. The zero-order valence-electron chi connectivity index (χ0n) is 32.0. The molecular formula is C47H72P2. The van der Waals surface area contributed by atoms with Crippen LogP contribution >= 0.6 is 15.2 Å². The van der Waals surface area contributed by atoms with Gasteiger partial charge in [0.1, 0.15) is 0 Å². The predicted octanol–water partition coefficient (Wildman–Crippen LogP) is 13.4. The topological polar surface area (TPSA) is 0 Å². The second kappa shape index (κ2) is 15.0. The van der Waals surface area contributed by atoms with Crippen LogP contribution < -0.4 is 10.6 Å². The van der Waals surface area contributed by atoms with Gasteiger partial charge in [-0.3, -0.25) is 0 Å². The molecule has 2 heteroatoms. The number of hydrogen-bond donors (Lipinski definition) is 0. The van der Waals surface area contributed by atoms with Gasteiger partial charge in [0.25, 0.3) is 0 Å². The molecule has 1 saturated heterocycles. The predicted molar refractivity (Wildman–Crippen MR) is 221 cm³/mol. The van der Waals surface area contributed by atoms with Crippen molar-refractivity contribution < 1.29 is 0 Å². The first-order valence-corrected chi connectivity index (χ1v) is 25.6. The SMILES string of the molecule is Cc1ccccc1P(c1ccccc1C)C(C)[C@@]12CCC[C@@H]1[PH](C1CCCCC1)(C1CCCCC1)C1(CCCC1)C1CCCCC2CCC1. The molecule has 0 radical (unpaired) electrons. The molecular weight excluding hydrogens is 626 g/mol. The first kappa shape index (κ1) is 35.3. The van der Waals surface area contributed by atoms with Crippen molar-refractivity contribution in [3.05, 3.63) is 59.7 Å². The van der Waals surface area contributed by atoms with Crippen LogP contribution in [0.2, 0.25) is 0 Å². The maximum atomic E-state index is 2.92. The van der Waals surface area contributed by atoms with Crippen molar-refractivity contribution >= 4 is 25.8 Å². The fourth-order valence-corrected chi connectivity index (χ4v) is 30.6. The summed E-state index contributed by atoms with van der Waals surface area (Å²) in [5, 5.41) is 4.19. The van der Waals surface area contributed by atoms with E-state index in [1.54, 1.807) is 157 Å². The first-order chi connectivity index (χ1) is 24.0. The van der Waals surface area contributed by atoms with Crippen LogP contribution in [0.3, 0.4) is 0 Å². The van der Waals surface area contributed by atoms with Gasteiger partial charge in [0.05, 0.1) is 0 Å². The average Bonchev–Trinajstić information content (AvgIpc) is 3.83. The molecule has 3 unspecified atom stereocenters. The Labute approximate surface area is 304 Å². The number of rotatable bonds is 6. The Balaban J connectivity index is 1.42. The average molecular weight is 699 g/mol. The van der Waals surface area contributed by atoms with Gasteiger partial charge in [-0.15, -0.1) is 0 Å². The van der Waals surface area contributed by atoms with Crippen LogP contribution in [0.4, 0.5) is 0 Å². The maximum absolute atomic E-state index is 2.92. The third-order valence-electron chi connectivity index (χ3n) is 17.2. The van der Waals surface area contributed by atoms with Gasteiger partial charge in [0.15, 0.2) is 0 Å². The van der Waals surface area contributed by atoms with Crippen LogP contribution in [-0.2, 0) is 0 Å². The normalized spacial score (nSPS) is 33.7. The van der Waals surface area contributed by atoms with Crippen molar-refractivity contribution in [3.63, 3.8) is 0 Å². The summed E-state index contributed by atoms with van der Waals surface area (Å²) in [6.07, 6.45) is 37.9. The van der Waals surface area contributed by atoms with E-state index in [1.807, 2.05) is 0 Å². The van der Waals surface area contributed by atoms with Crippen molar-refractivity contribution in [1.82, 2.24) is 0 Å². The number of hydrogen-bond acceptors (Lipinski definition) is 0. The number of benzene rings is 2. The van der Waals surface area contributed by atoms with Crippen LogP contribution in [0, 0.1) is 31.1 Å². The zero-order chi connectivity index (χ0) is 33.5. The summed E-state index contributed by atoms with van der Waals surface area (Å²) in [5.74, 6) is 2.01. The monoisotopic (exact) mass is 699 g/mol. The van der Waals surface area contributed by atoms with E-state index in [9.17, 15) is 0 Å². The van der Waals surface area contributed by atoms with E-state index < -0.39 is 15.2 Å². The molecule has 0 amide bonds. The van der Waals surface area contributed by atoms with Crippen LogP contribution in [0.25, 0.3) is 0 Å². The Bertz CT molecular complexity index is 1330. The van der Waals surface area contributed by atoms with E-state index in [4.69, 9.17) is 0 Å². The van der Waals surface area contributed by atoms with E-state index in [0.717, 1.165) is 39.6 Å². The molecule has 5 atom stereocenters. The molecule has 1 aliphatic heterocycles. The number of fused-ring (bicyclic) bond motifs is 7. The Hall–Kier alpha value is -0.700. The Morgan fingerprint density at radius 3 is 1.59 bits per heavy atom. The first-order valence-electron chi connectivity index (χ1n) is 21.9. The molecule has 6 aliphatic rings. The van der Waals surface area contributed by atoms with Gasteiger partial charge in [0.2, 0.25) is 0 Å². The summed E-state index contributed by atoms with van der Waals surface area (Å²) in [4.78, 5) is 0. The molecule has 0 nitrogen and oxygen atoms in total. The molecule has 0 N–H and O–H groups in total. The summed E-state index contributed by atoms with van der Waals surface area (Å²) in [6.45, 7) is 7.83. The van der Waals surface area contributed by atoms with Crippen molar-refractivity contribution in [3.8, 4) is 0 Å². The molecule has 2 aromatic carbocycles. The second-order valence-corrected chi connectivity index (χ2v) is 26.4. The van der Waals surface area contributed by atoms with Gasteiger partial charge < -0.3 is 0 Å². The Morgan fingerprint density at radius 2 is 1.02 bits per heavy atom. The molecule has 1 heterocycles. The molecule has 5 saturated carbocycles. The van der Waals surface area contributed by atoms with Crippen LogP contribution in [0.1, 0.15) is 172 Å². The third-order valence-corrected chi connectivity index (χ3v) is 28.9. The minimum atomic E-state index is -1.85. The van der Waals surface area contributed by atoms with Gasteiger partial charge in [-0.1, -0.05) is 0 Å². The number of aryl methyl sites for hydroxylation is 2. The van der Waals surface area contributed by atoms with E-state index in [0.29, 0.717) is 5.41 Å². The molecule has 0 aromatic heterocycles. The Kier molecular flexibility index (Phi) is 10.8. The van der Waals surface area contributed by atoms with E-state index in [-0.39, 0.29) is 0 Å². The standard InChI is InChI=1S/C47H72P2/c1-36-20-10-14-30-43(36)48(44-31-15-11-21-37(44)2)38(3)47-35-19-32-45(47)49(41-26-6-4-7-27-41,42-28-8-5-9-29-42)46(33-16-17-34-46)39-22-12-13-23-40(47)25-18-24-39/h10-11,14-15,20-21,30-31,38-42,45,49H,4-9,12-13,16-19,22-29,32-35H2,1-3H3/t38?,39?,40?,45-,47+/m0/s1. The summed E-state index contributed by atoms with van der Waals surface area (Å²) >= 11 is 0. The molecule has 6 fully saturated rings. The molecule has 1 spiro atoms. The molecule has 2 aromatic rings.